The number of alkyl halides is 3. The molecule has 206 valence electrons. The quantitative estimate of drug-likeness (QED) is 0.607. The maximum Gasteiger partial charge on any atom is 0.418 e. The summed E-state index contributed by atoms with van der Waals surface area (Å²) in [5.41, 5.74) is 5.81. The minimum atomic E-state index is -4.53. The van der Waals surface area contributed by atoms with Crippen LogP contribution in [0, 0.1) is 5.92 Å². The molecule has 0 radical (unpaired) electrons. The van der Waals surface area contributed by atoms with E-state index < -0.39 is 11.7 Å². The first-order chi connectivity index (χ1) is 17.6. The molecule has 3 fully saturated rings. The predicted molar refractivity (Wildman–Crippen MR) is 137 cm³/mol. The number of halogens is 3. The lowest BCUT2D eigenvalue weighted by Gasteiger charge is -2.37. The van der Waals surface area contributed by atoms with Gasteiger partial charge in [0.2, 0.25) is 0 Å². The van der Waals surface area contributed by atoms with Gasteiger partial charge in [-0.15, -0.1) is 0 Å². The summed E-state index contributed by atoms with van der Waals surface area (Å²) in [6.07, 6.45) is 4.44. The number of hydrogen-bond acceptors (Lipinski definition) is 6. The van der Waals surface area contributed by atoms with Gasteiger partial charge in [0.15, 0.2) is 0 Å². The zero-order valence-electron chi connectivity index (χ0n) is 22.1. The molecule has 0 amide bonds. The maximum atomic E-state index is 14.2. The summed E-state index contributed by atoms with van der Waals surface area (Å²) in [7, 11) is 4.15. The van der Waals surface area contributed by atoms with Gasteiger partial charge in [-0.05, 0) is 76.7 Å². The summed E-state index contributed by atoms with van der Waals surface area (Å²) in [5, 5.41) is 0. The van der Waals surface area contributed by atoms with E-state index in [1.54, 1.807) is 10.8 Å². The molecule has 3 unspecified atom stereocenters. The summed E-state index contributed by atoms with van der Waals surface area (Å²) in [6, 6.07) is 1.39. The van der Waals surface area contributed by atoms with Crippen LogP contribution in [0.25, 0.3) is 5.52 Å². The largest absolute Gasteiger partial charge is 0.418 e. The van der Waals surface area contributed by atoms with Gasteiger partial charge < -0.3 is 4.90 Å². The standard InChI is InChI=1S/C26H40F3N7O/c1-18-6-5-9-34(12-18)13-19-10-22(26(27,28)29)23-15-35(25(37)36(23)14-19)21-8-4-7-20(11-21)32(2)16-24-31-30-17-33(24)3/h10,14-15,18,20-21,24,30-31H,4-9,11-13,16-17H2,1-3H3/t18-,20?,21?,24?/m0/s1. The van der Waals surface area contributed by atoms with Crippen molar-refractivity contribution in [1.29, 1.82) is 0 Å². The van der Waals surface area contributed by atoms with Crippen LogP contribution in [-0.2, 0) is 12.7 Å². The number of rotatable bonds is 6. The third-order valence-electron chi connectivity index (χ3n) is 8.53. The van der Waals surface area contributed by atoms with Crippen LogP contribution in [0.1, 0.15) is 62.6 Å². The van der Waals surface area contributed by atoms with Crippen molar-refractivity contribution in [2.24, 2.45) is 5.92 Å². The summed E-state index contributed by atoms with van der Waals surface area (Å²) >= 11 is 0. The van der Waals surface area contributed by atoms with Crippen molar-refractivity contribution >= 4 is 5.52 Å². The fourth-order valence-electron chi connectivity index (χ4n) is 6.43. The highest BCUT2D eigenvalue weighted by molar-refractivity contribution is 5.56. The molecular formula is C26H40F3N7O. The Balaban J connectivity index is 1.40. The normalized spacial score (nSPS) is 28.5. The second-order valence-electron chi connectivity index (χ2n) is 11.5. The molecule has 2 aromatic heterocycles. The van der Waals surface area contributed by atoms with Gasteiger partial charge in [-0.25, -0.2) is 15.6 Å². The number of piperidine rings is 1. The highest BCUT2D eigenvalue weighted by atomic mass is 19.4. The van der Waals surface area contributed by atoms with E-state index in [2.05, 4.69) is 46.6 Å². The molecule has 11 heteroatoms. The number of aromatic nitrogens is 2. The summed E-state index contributed by atoms with van der Waals surface area (Å²) in [5.74, 6) is 0.530. The van der Waals surface area contributed by atoms with Crippen LogP contribution in [0.4, 0.5) is 13.2 Å². The number of likely N-dealkylation sites (N-methyl/N-ethyl adjacent to an activating group) is 2. The molecule has 2 N–H and O–H groups in total. The van der Waals surface area contributed by atoms with Gasteiger partial charge in [0.25, 0.3) is 0 Å². The lowest BCUT2D eigenvalue weighted by atomic mass is 9.90. The highest BCUT2D eigenvalue weighted by Gasteiger charge is 2.36. The summed E-state index contributed by atoms with van der Waals surface area (Å²) in [4.78, 5) is 20.2. The van der Waals surface area contributed by atoms with Crippen LogP contribution in [0.5, 0.6) is 0 Å². The van der Waals surface area contributed by atoms with E-state index in [9.17, 15) is 18.0 Å². The van der Waals surface area contributed by atoms with E-state index >= 15 is 0 Å². The molecule has 3 aliphatic rings. The number of pyridine rings is 1. The maximum absolute atomic E-state index is 14.2. The monoisotopic (exact) mass is 523 g/mol. The fourth-order valence-corrected chi connectivity index (χ4v) is 6.43. The molecule has 2 aromatic rings. The number of hydrazine groups is 1. The average molecular weight is 524 g/mol. The van der Waals surface area contributed by atoms with E-state index in [1.165, 1.54) is 16.7 Å². The molecule has 0 bridgehead atoms. The van der Waals surface area contributed by atoms with E-state index in [0.717, 1.165) is 64.8 Å². The molecule has 4 heterocycles. The molecule has 37 heavy (non-hydrogen) atoms. The molecule has 1 aliphatic carbocycles. The molecule has 1 saturated carbocycles. The molecule has 2 aliphatic heterocycles. The van der Waals surface area contributed by atoms with Crippen molar-refractivity contribution in [3.63, 3.8) is 0 Å². The minimum Gasteiger partial charge on any atom is -0.300 e. The van der Waals surface area contributed by atoms with Crippen LogP contribution in [0.3, 0.4) is 0 Å². The number of likely N-dealkylation sites (tertiary alicyclic amines) is 1. The Hall–Kier alpha value is -1.92. The minimum absolute atomic E-state index is 0.0494. The lowest BCUT2D eigenvalue weighted by Crippen LogP contribution is -2.48. The first-order valence-electron chi connectivity index (χ1n) is 13.5. The first kappa shape index (κ1) is 26.7. The zero-order valence-corrected chi connectivity index (χ0v) is 22.1. The second-order valence-corrected chi connectivity index (χ2v) is 11.5. The Labute approximate surface area is 216 Å². The van der Waals surface area contributed by atoms with Crippen LogP contribution >= 0.6 is 0 Å². The van der Waals surface area contributed by atoms with Crippen molar-refractivity contribution in [1.82, 2.24) is 34.5 Å². The van der Waals surface area contributed by atoms with Crippen LogP contribution < -0.4 is 16.5 Å². The van der Waals surface area contributed by atoms with Crippen molar-refractivity contribution in [3.8, 4) is 0 Å². The summed E-state index contributed by atoms with van der Waals surface area (Å²) in [6.45, 7) is 5.95. The van der Waals surface area contributed by atoms with Crippen molar-refractivity contribution < 1.29 is 13.2 Å². The van der Waals surface area contributed by atoms with E-state index in [0.29, 0.717) is 18.0 Å². The average Bonchev–Trinajstić information content (AvgIpc) is 3.40. The Morgan fingerprint density at radius 3 is 2.68 bits per heavy atom. The Bertz CT molecular complexity index is 1150. The van der Waals surface area contributed by atoms with Gasteiger partial charge in [-0.3, -0.25) is 18.8 Å². The molecule has 0 spiro atoms. The third kappa shape index (κ3) is 5.75. The van der Waals surface area contributed by atoms with Gasteiger partial charge >= 0.3 is 11.9 Å². The number of fused-ring (bicyclic) bond motifs is 1. The Kier molecular flexibility index (Phi) is 7.70. The smallest absolute Gasteiger partial charge is 0.300 e. The van der Waals surface area contributed by atoms with E-state index in [4.69, 9.17) is 0 Å². The Morgan fingerprint density at radius 1 is 1.16 bits per heavy atom. The second kappa shape index (κ2) is 10.7. The van der Waals surface area contributed by atoms with E-state index in [1.807, 2.05) is 0 Å². The third-order valence-corrected chi connectivity index (χ3v) is 8.53. The number of imidazole rings is 1. The van der Waals surface area contributed by atoms with Gasteiger partial charge in [0.05, 0.1) is 23.9 Å². The molecule has 5 rings (SSSR count). The fraction of sp³-hybridized carbons (Fsp3) is 0.731. The van der Waals surface area contributed by atoms with E-state index in [-0.39, 0.29) is 29.5 Å². The van der Waals surface area contributed by atoms with Gasteiger partial charge in [0, 0.05) is 44.1 Å². The van der Waals surface area contributed by atoms with Gasteiger partial charge in [-0.1, -0.05) is 6.92 Å². The highest BCUT2D eigenvalue weighted by Crippen LogP contribution is 2.35. The molecule has 0 aromatic carbocycles. The van der Waals surface area contributed by atoms with Gasteiger partial charge in [-0.2, -0.15) is 13.2 Å². The van der Waals surface area contributed by atoms with Crippen LogP contribution in [0.15, 0.2) is 23.3 Å². The van der Waals surface area contributed by atoms with Crippen LogP contribution in [0.2, 0.25) is 0 Å². The molecule has 8 nitrogen and oxygen atoms in total. The molecule has 2 saturated heterocycles. The SMILES string of the molecule is C[C@H]1CCCN(Cc2cc(C(F)(F)F)c3cn(C4CCCC(N(C)CC5NNCN5C)C4)c(=O)n3c2)C1. The lowest BCUT2D eigenvalue weighted by molar-refractivity contribution is -0.136. The molecular weight excluding hydrogens is 483 g/mol. The van der Waals surface area contributed by atoms with Crippen molar-refractivity contribution in [3.05, 3.63) is 40.1 Å². The van der Waals surface area contributed by atoms with Gasteiger partial charge in [0.1, 0.15) is 0 Å². The van der Waals surface area contributed by atoms with Crippen molar-refractivity contribution in [2.75, 3.05) is 40.4 Å². The Morgan fingerprint density at radius 2 is 1.97 bits per heavy atom. The van der Waals surface area contributed by atoms with Crippen LogP contribution in [-0.4, -0.2) is 76.3 Å². The molecule has 4 atom stereocenters. The topological polar surface area (TPSA) is 60.2 Å². The summed E-state index contributed by atoms with van der Waals surface area (Å²) < 4.78 is 45.3. The number of nitrogens with one attached hydrogen (secondary N) is 2. The predicted octanol–water partition coefficient (Wildman–Crippen LogP) is 3.09. The first-order valence-corrected chi connectivity index (χ1v) is 13.5. The zero-order chi connectivity index (χ0) is 26.3. The number of hydrogen-bond donors (Lipinski definition) is 2. The van der Waals surface area contributed by atoms with Crippen molar-refractivity contribution in [2.45, 2.75) is 76.4 Å². The number of nitrogens with zero attached hydrogens (tertiary/aromatic N) is 5.